The SMILES string of the molecule is CCCCOC(=O)/C=C\NC(=O)c1ccccc1. The van der Waals surface area contributed by atoms with Gasteiger partial charge in [0.1, 0.15) is 0 Å². The van der Waals surface area contributed by atoms with Crippen molar-refractivity contribution in [3.05, 3.63) is 48.2 Å². The van der Waals surface area contributed by atoms with E-state index in [1.54, 1.807) is 24.3 Å². The van der Waals surface area contributed by atoms with Gasteiger partial charge in [-0.05, 0) is 18.6 Å². The standard InChI is InChI=1S/C14H17NO3/c1-2-3-11-18-13(16)9-10-15-14(17)12-7-5-4-6-8-12/h4-10H,2-3,11H2,1H3,(H,15,17)/b10-9-. The molecule has 1 rings (SSSR count). The fraction of sp³-hybridized carbons (Fsp3) is 0.286. The van der Waals surface area contributed by atoms with Crippen molar-refractivity contribution < 1.29 is 14.3 Å². The molecular formula is C14H17NO3. The van der Waals surface area contributed by atoms with E-state index in [-0.39, 0.29) is 5.91 Å². The van der Waals surface area contributed by atoms with Crippen LogP contribution in [-0.2, 0) is 9.53 Å². The van der Waals surface area contributed by atoms with Crippen molar-refractivity contribution in [1.29, 1.82) is 0 Å². The molecule has 1 aromatic rings. The van der Waals surface area contributed by atoms with E-state index in [0.29, 0.717) is 12.2 Å². The van der Waals surface area contributed by atoms with Crippen molar-refractivity contribution in [3.63, 3.8) is 0 Å². The highest BCUT2D eigenvalue weighted by molar-refractivity contribution is 5.95. The Morgan fingerprint density at radius 2 is 2.00 bits per heavy atom. The number of rotatable bonds is 6. The molecule has 0 heterocycles. The van der Waals surface area contributed by atoms with Gasteiger partial charge < -0.3 is 10.1 Å². The predicted octanol–water partition coefficient (Wildman–Crippen LogP) is 2.27. The monoisotopic (exact) mass is 247 g/mol. The molecule has 0 fully saturated rings. The highest BCUT2D eigenvalue weighted by Crippen LogP contribution is 1.97. The Morgan fingerprint density at radius 1 is 1.28 bits per heavy atom. The van der Waals surface area contributed by atoms with Gasteiger partial charge in [-0.3, -0.25) is 4.79 Å². The highest BCUT2D eigenvalue weighted by Gasteiger charge is 2.01. The normalized spacial score (nSPS) is 10.3. The van der Waals surface area contributed by atoms with E-state index in [1.807, 2.05) is 13.0 Å². The second-order valence-corrected chi connectivity index (χ2v) is 3.69. The Kier molecular flexibility index (Phi) is 6.25. The molecular weight excluding hydrogens is 230 g/mol. The Morgan fingerprint density at radius 3 is 2.67 bits per heavy atom. The second-order valence-electron chi connectivity index (χ2n) is 3.69. The molecule has 1 N–H and O–H groups in total. The van der Waals surface area contributed by atoms with Gasteiger partial charge in [0.25, 0.3) is 5.91 Å². The number of esters is 1. The van der Waals surface area contributed by atoms with Gasteiger partial charge in [0.15, 0.2) is 0 Å². The van der Waals surface area contributed by atoms with Crippen LogP contribution in [0.25, 0.3) is 0 Å². The summed E-state index contributed by atoms with van der Waals surface area (Å²) in [5.74, 6) is -0.704. The van der Waals surface area contributed by atoms with E-state index in [1.165, 1.54) is 12.3 Å². The number of amides is 1. The molecule has 0 saturated heterocycles. The number of nitrogens with one attached hydrogen (secondary N) is 1. The van der Waals surface area contributed by atoms with Crippen LogP contribution in [0.3, 0.4) is 0 Å². The molecule has 0 saturated carbocycles. The number of carbonyl (C=O) groups is 2. The summed E-state index contributed by atoms with van der Waals surface area (Å²) in [6.07, 6.45) is 4.32. The number of hydrogen-bond donors (Lipinski definition) is 1. The van der Waals surface area contributed by atoms with Crippen LogP contribution in [0.2, 0.25) is 0 Å². The Bertz CT molecular complexity index is 412. The van der Waals surface area contributed by atoms with Gasteiger partial charge in [-0.2, -0.15) is 0 Å². The molecule has 0 aliphatic heterocycles. The van der Waals surface area contributed by atoms with Crippen LogP contribution >= 0.6 is 0 Å². The number of carbonyl (C=O) groups excluding carboxylic acids is 2. The maximum absolute atomic E-state index is 11.6. The number of unbranched alkanes of at least 4 members (excludes halogenated alkanes) is 1. The van der Waals surface area contributed by atoms with E-state index >= 15 is 0 Å². The predicted molar refractivity (Wildman–Crippen MR) is 68.9 cm³/mol. The van der Waals surface area contributed by atoms with E-state index < -0.39 is 5.97 Å². The lowest BCUT2D eigenvalue weighted by atomic mass is 10.2. The zero-order chi connectivity index (χ0) is 13.2. The third-order valence-electron chi connectivity index (χ3n) is 2.21. The molecule has 0 unspecified atom stereocenters. The average molecular weight is 247 g/mol. The summed E-state index contributed by atoms with van der Waals surface area (Å²) < 4.78 is 4.89. The Hall–Kier alpha value is -2.10. The molecule has 0 spiro atoms. The molecule has 0 aliphatic rings. The molecule has 96 valence electrons. The Labute approximate surface area is 107 Å². The van der Waals surface area contributed by atoms with Crippen LogP contribution < -0.4 is 5.32 Å². The van der Waals surface area contributed by atoms with Crippen LogP contribution in [0.15, 0.2) is 42.6 Å². The van der Waals surface area contributed by atoms with E-state index in [4.69, 9.17) is 4.74 Å². The van der Waals surface area contributed by atoms with Crippen molar-refractivity contribution in [3.8, 4) is 0 Å². The summed E-state index contributed by atoms with van der Waals surface area (Å²) in [6, 6.07) is 8.78. The third-order valence-corrected chi connectivity index (χ3v) is 2.21. The maximum atomic E-state index is 11.6. The molecule has 0 radical (unpaired) electrons. The first-order chi connectivity index (χ1) is 8.74. The van der Waals surface area contributed by atoms with Gasteiger partial charge in [-0.15, -0.1) is 0 Å². The zero-order valence-corrected chi connectivity index (χ0v) is 10.4. The number of ether oxygens (including phenoxy) is 1. The van der Waals surface area contributed by atoms with Crippen LogP contribution in [-0.4, -0.2) is 18.5 Å². The van der Waals surface area contributed by atoms with E-state index in [2.05, 4.69) is 5.32 Å². The van der Waals surface area contributed by atoms with Gasteiger partial charge in [-0.25, -0.2) is 4.79 Å². The number of benzene rings is 1. The minimum absolute atomic E-state index is 0.256. The average Bonchev–Trinajstić information content (AvgIpc) is 2.40. The van der Waals surface area contributed by atoms with Crippen molar-refractivity contribution in [2.75, 3.05) is 6.61 Å². The lowest BCUT2D eigenvalue weighted by Crippen LogP contribution is -2.17. The summed E-state index contributed by atoms with van der Waals surface area (Å²) in [5.41, 5.74) is 0.543. The largest absolute Gasteiger partial charge is 0.462 e. The quantitative estimate of drug-likeness (QED) is 0.476. The van der Waals surface area contributed by atoms with Crippen molar-refractivity contribution >= 4 is 11.9 Å². The minimum atomic E-state index is -0.447. The fourth-order valence-corrected chi connectivity index (χ4v) is 1.22. The van der Waals surface area contributed by atoms with Gasteiger partial charge in [0.2, 0.25) is 0 Å². The first-order valence-electron chi connectivity index (χ1n) is 5.93. The van der Waals surface area contributed by atoms with Crippen molar-refractivity contribution in [1.82, 2.24) is 5.32 Å². The van der Waals surface area contributed by atoms with Crippen molar-refractivity contribution in [2.45, 2.75) is 19.8 Å². The van der Waals surface area contributed by atoms with Crippen LogP contribution in [0.5, 0.6) is 0 Å². The molecule has 4 heteroatoms. The zero-order valence-electron chi connectivity index (χ0n) is 10.4. The molecule has 1 amide bonds. The topological polar surface area (TPSA) is 55.4 Å². The summed E-state index contributed by atoms with van der Waals surface area (Å²) >= 11 is 0. The summed E-state index contributed by atoms with van der Waals surface area (Å²) in [7, 11) is 0. The van der Waals surface area contributed by atoms with Crippen molar-refractivity contribution in [2.24, 2.45) is 0 Å². The van der Waals surface area contributed by atoms with Crippen LogP contribution in [0.4, 0.5) is 0 Å². The molecule has 1 aromatic carbocycles. The lowest BCUT2D eigenvalue weighted by molar-refractivity contribution is -0.137. The lowest BCUT2D eigenvalue weighted by Gasteiger charge is -2.00. The van der Waals surface area contributed by atoms with E-state index in [9.17, 15) is 9.59 Å². The molecule has 4 nitrogen and oxygen atoms in total. The van der Waals surface area contributed by atoms with Crippen LogP contribution in [0, 0.1) is 0 Å². The van der Waals surface area contributed by atoms with E-state index in [0.717, 1.165) is 12.8 Å². The molecule has 0 bridgehead atoms. The second kappa shape index (κ2) is 8.06. The molecule has 18 heavy (non-hydrogen) atoms. The Balaban J connectivity index is 2.32. The summed E-state index contributed by atoms with van der Waals surface area (Å²) in [6.45, 7) is 2.43. The summed E-state index contributed by atoms with van der Waals surface area (Å²) in [5, 5.41) is 2.50. The maximum Gasteiger partial charge on any atom is 0.332 e. The first-order valence-corrected chi connectivity index (χ1v) is 5.93. The van der Waals surface area contributed by atoms with Gasteiger partial charge in [0.05, 0.1) is 6.61 Å². The van der Waals surface area contributed by atoms with Gasteiger partial charge >= 0.3 is 5.97 Å². The third kappa shape index (κ3) is 5.30. The smallest absolute Gasteiger partial charge is 0.332 e. The first kappa shape index (κ1) is 14.0. The number of hydrogen-bond acceptors (Lipinski definition) is 3. The summed E-state index contributed by atoms with van der Waals surface area (Å²) in [4.78, 5) is 22.7. The minimum Gasteiger partial charge on any atom is -0.462 e. The van der Waals surface area contributed by atoms with Crippen LogP contribution in [0.1, 0.15) is 30.1 Å². The molecule has 0 aromatic heterocycles. The molecule has 0 atom stereocenters. The molecule has 0 aliphatic carbocycles. The fourth-order valence-electron chi connectivity index (χ4n) is 1.22. The van der Waals surface area contributed by atoms with Gasteiger partial charge in [-0.1, -0.05) is 31.5 Å². The highest BCUT2D eigenvalue weighted by atomic mass is 16.5. The van der Waals surface area contributed by atoms with Gasteiger partial charge in [0, 0.05) is 17.8 Å².